The summed E-state index contributed by atoms with van der Waals surface area (Å²) >= 11 is 0. The van der Waals surface area contributed by atoms with Crippen molar-refractivity contribution in [2.24, 2.45) is 0 Å². The van der Waals surface area contributed by atoms with Crippen molar-refractivity contribution in [1.82, 2.24) is 0 Å². The van der Waals surface area contributed by atoms with E-state index in [9.17, 15) is 0 Å². The van der Waals surface area contributed by atoms with Gasteiger partial charge in [-0.3, -0.25) is 13.6 Å². The third-order valence-corrected chi connectivity index (χ3v) is 7.32. The first-order chi connectivity index (χ1) is 14.5. The summed E-state index contributed by atoms with van der Waals surface area (Å²) in [5.74, 6) is 2.43. The lowest BCUT2D eigenvalue weighted by Gasteiger charge is -2.25. The minimum atomic E-state index is -2.77. The second-order valence-electron chi connectivity index (χ2n) is 7.61. The first kappa shape index (κ1) is 22.2. The largest absolute Gasteiger partial charge is 0.541 e. The SMILES string of the molecule is CCCCC[P+](Oc1ccccc1C)(Oc1ccccc1C)Oc1ccccc1C. The van der Waals surface area contributed by atoms with Crippen molar-refractivity contribution in [3.8, 4) is 17.2 Å². The third-order valence-electron chi connectivity index (χ3n) is 5.03. The quantitative estimate of drug-likeness (QED) is 0.243. The molecule has 0 heterocycles. The second-order valence-corrected chi connectivity index (χ2v) is 9.83. The lowest BCUT2D eigenvalue weighted by atomic mass is 10.2. The molecule has 0 N–H and O–H groups in total. The number of hydrogen-bond donors (Lipinski definition) is 0. The van der Waals surface area contributed by atoms with Gasteiger partial charge in [-0.25, -0.2) is 0 Å². The Hall–Kier alpha value is -2.51. The molecule has 0 aliphatic heterocycles. The van der Waals surface area contributed by atoms with Crippen LogP contribution in [0.25, 0.3) is 0 Å². The van der Waals surface area contributed by atoms with E-state index in [2.05, 4.69) is 45.9 Å². The van der Waals surface area contributed by atoms with Crippen LogP contribution in [0.3, 0.4) is 0 Å². The van der Waals surface area contributed by atoms with Crippen molar-refractivity contribution in [2.75, 3.05) is 6.16 Å². The van der Waals surface area contributed by atoms with Gasteiger partial charge < -0.3 is 0 Å². The Morgan fingerprint density at radius 2 is 0.933 bits per heavy atom. The van der Waals surface area contributed by atoms with Gasteiger partial charge in [-0.05, 0) is 68.5 Å². The van der Waals surface area contributed by atoms with Crippen LogP contribution in [0.1, 0.15) is 42.9 Å². The molecule has 0 bridgehead atoms. The topological polar surface area (TPSA) is 27.7 Å². The van der Waals surface area contributed by atoms with Gasteiger partial charge in [0.1, 0.15) is 0 Å². The van der Waals surface area contributed by atoms with Crippen molar-refractivity contribution < 1.29 is 13.6 Å². The Morgan fingerprint density at radius 1 is 0.567 bits per heavy atom. The lowest BCUT2D eigenvalue weighted by Crippen LogP contribution is -2.20. The molecule has 0 spiro atoms. The van der Waals surface area contributed by atoms with Crippen LogP contribution >= 0.6 is 7.94 Å². The predicted octanol–water partition coefficient (Wildman–Crippen LogP) is 8.10. The number of aryl methyl sites for hydroxylation is 3. The molecule has 0 saturated heterocycles. The van der Waals surface area contributed by atoms with Crippen molar-refractivity contribution >= 4 is 7.94 Å². The van der Waals surface area contributed by atoms with Gasteiger partial charge in [-0.15, -0.1) is 0 Å². The summed E-state index contributed by atoms with van der Waals surface area (Å²) in [6, 6.07) is 24.2. The van der Waals surface area contributed by atoms with Gasteiger partial charge in [0, 0.05) is 0 Å². The van der Waals surface area contributed by atoms with Crippen molar-refractivity contribution in [2.45, 2.75) is 47.0 Å². The Labute approximate surface area is 181 Å². The third kappa shape index (κ3) is 5.77. The van der Waals surface area contributed by atoms with Crippen molar-refractivity contribution in [3.63, 3.8) is 0 Å². The van der Waals surface area contributed by atoms with Crippen LogP contribution in [-0.4, -0.2) is 6.16 Å². The Morgan fingerprint density at radius 3 is 1.27 bits per heavy atom. The zero-order valence-electron chi connectivity index (χ0n) is 18.4. The number of rotatable bonds is 10. The molecule has 3 nitrogen and oxygen atoms in total. The summed E-state index contributed by atoms with van der Waals surface area (Å²) in [6.45, 7) is 8.36. The van der Waals surface area contributed by atoms with Crippen LogP contribution in [-0.2, 0) is 0 Å². The first-order valence-electron chi connectivity index (χ1n) is 10.7. The zero-order chi connectivity index (χ0) is 21.4. The number of benzene rings is 3. The minimum Gasteiger partial charge on any atom is -0.271 e. The predicted molar refractivity (Wildman–Crippen MR) is 127 cm³/mol. The highest BCUT2D eigenvalue weighted by molar-refractivity contribution is 7.62. The van der Waals surface area contributed by atoms with Gasteiger partial charge in [0.05, 0.1) is 0 Å². The Kier molecular flexibility index (Phi) is 7.76. The Balaban J connectivity index is 2.04. The highest BCUT2D eigenvalue weighted by Gasteiger charge is 2.50. The summed E-state index contributed by atoms with van der Waals surface area (Å²) in [7, 11) is -2.77. The van der Waals surface area contributed by atoms with Crippen LogP contribution in [0, 0.1) is 20.8 Å². The molecule has 0 amide bonds. The molecular formula is C26H32O3P+. The molecule has 158 valence electrons. The van der Waals surface area contributed by atoms with E-state index in [1.165, 1.54) is 0 Å². The van der Waals surface area contributed by atoms with Gasteiger partial charge in [0.25, 0.3) is 0 Å². The number of unbranched alkanes of at least 4 members (excludes halogenated alkanes) is 2. The molecule has 30 heavy (non-hydrogen) atoms. The molecule has 3 aromatic rings. The molecular weight excluding hydrogens is 391 g/mol. The molecule has 4 heteroatoms. The van der Waals surface area contributed by atoms with Gasteiger partial charge in [0.15, 0.2) is 23.4 Å². The van der Waals surface area contributed by atoms with Crippen molar-refractivity contribution in [3.05, 3.63) is 89.5 Å². The maximum atomic E-state index is 6.66. The molecule has 3 rings (SSSR count). The smallest absolute Gasteiger partial charge is 0.271 e. The summed E-state index contributed by atoms with van der Waals surface area (Å²) in [5, 5.41) is 0. The van der Waals surface area contributed by atoms with E-state index in [-0.39, 0.29) is 0 Å². The summed E-state index contributed by atoms with van der Waals surface area (Å²) < 4.78 is 20.0. The average molecular weight is 424 g/mol. The molecule has 0 radical (unpaired) electrons. The van der Waals surface area contributed by atoms with Gasteiger partial charge >= 0.3 is 7.94 Å². The Bertz CT molecular complexity index is 839. The van der Waals surface area contributed by atoms with E-state index in [0.29, 0.717) is 0 Å². The molecule has 3 aromatic carbocycles. The van der Waals surface area contributed by atoms with E-state index >= 15 is 0 Å². The van der Waals surface area contributed by atoms with Gasteiger partial charge in [-0.1, -0.05) is 67.9 Å². The summed E-state index contributed by atoms with van der Waals surface area (Å²) in [5.41, 5.74) is 3.21. The number of hydrogen-bond acceptors (Lipinski definition) is 3. The second kappa shape index (κ2) is 10.5. The molecule has 0 aliphatic carbocycles. The maximum absolute atomic E-state index is 6.66. The van der Waals surface area contributed by atoms with Crippen LogP contribution in [0.2, 0.25) is 0 Å². The standard InChI is InChI=1S/C26H32O3P/c1-5-6-13-20-30(27-24-17-10-7-14-21(24)2,28-25-18-11-8-15-22(25)3)29-26-19-12-9-16-23(26)4/h7-12,14-19H,5-6,13,20H2,1-4H3/q+1. The van der Waals surface area contributed by atoms with Crippen LogP contribution in [0.4, 0.5) is 0 Å². The minimum absolute atomic E-state index is 0.720. The fraction of sp³-hybridized carbons (Fsp3) is 0.308. The molecule has 0 saturated carbocycles. The van der Waals surface area contributed by atoms with E-state index in [1.54, 1.807) is 0 Å². The van der Waals surface area contributed by atoms with E-state index in [1.807, 2.05) is 54.6 Å². The van der Waals surface area contributed by atoms with E-state index in [4.69, 9.17) is 13.6 Å². The van der Waals surface area contributed by atoms with Crippen LogP contribution in [0.15, 0.2) is 72.8 Å². The fourth-order valence-corrected chi connectivity index (χ4v) is 5.68. The normalized spacial score (nSPS) is 11.2. The summed E-state index contributed by atoms with van der Waals surface area (Å²) in [6.07, 6.45) is 3.93. The highest BCUT2D eigenvalue weighted by atomic mass is 31.2. The molecule has 0 fully saturated rings. The van der Waals surface area contributed by atoms with Gasteiger partial charge in [-0.2, -0.15) is 0 Å². The zero-order valence-corrected chi connectivity index (χ0v) is 19.3. The van der Waals surface area contributed by atoms with Crippen LogP contribution < -0.4 is 13.6 Å². The first-order valence-corrected chi connectivity index (χ1v) is 12.4. The maximum Gasteiger partial charge on any atom is 0.541 e. The monoisotopic (exact) mass is 423 g/mol. The molecule has 0 aliphatic rings. The molecule has 0 unspecified atom stereocenters. The van der Waals surface area contributed by atoms with E-state index in [0.717, 1.165) is 59.4 Å². The highest BCUT2D eigenvalue weighted by Crippen LogP contribution is 2.62. The van der Waals surface area contributed by atoms with Gasteiger partial charge in [0.2, 0.25) is 0 Å². The molecule has 0 atom stereocenters. The molecule has 0 aromatic heterocycles. The van der Waals surface area contributed by atoms with Crippen LogP contribution in [0.5, 0.6) is 17.2 Å². The average Bonchev–Trinajstić information content (AvgIpc) is 2.73. The fourth-order valence-electron chi connectivity index (χ4n) is 3.17. The lowest BCUT2D eigenvalue weighted by molar-refractivity contribution is 0.349. The number of para-hydroxylation sites is 3. The van der Waals surface area contributed by atoms with Crippen molar-refractivity contribution in [1.29, 1.82) is 0 Å². The summed E-state index contributed by atoms with van der Waals surface area (Å²) in [4.78, 5) is 0. The van der Waals surface area contributed by atoms with E-state index < -0.39 is 7.94 Å².